The van der Waals surface area contributed by atoms with Crippen LogP contribution in [0.5, 0.6) is 0 Å². The van der Waals surface area contributed by atoms with Gasteiger partial charge in [-0.2, -0.15) is 5.26 Å². The van der Waals surface area contributed by atoms with E-state index in [2.05, 4.69) is 4.98 Å². The van der Waals surface area contributed by atoms with Gasteiger partial charge in [0.1, 0.15) is 16.8 Å². The van der Waals surface area contributed by atoms with Crippen molar-refractivity contribution in [2.45, 2.75) is 0 Å². The van der Waals surface area contributed by atoms with Gasteiger partial charge in [0.2, 0.25) is 0 Å². The zero-order chi connectivity index (χ0) is 12.6. The predicted molar refractivity (Wildman–Crippen MR) is 65.9 cm³/mol. The first-order valence-corrected chi connectivity index (χ1v) is 5.60. The lowest BCUT2D eigenvalue weighted by Gasteiger charge is -2.01. The van der Waals surface area contributed by atoms with E-state index in [9.17, 15) is 4.39 Å². The number of rotatable bonds is 1. The summed E-state index contributed by atoms with van der Waals surface area (Å²) in [5.41, 5.74) is 0.684. The Kier molecular flexibility index (Phi) is 3.30. The van der Waals surface area contributed by atoms with Gasteiger partial charge in [0, 0.05) is 5.56 Å². The molecule has 1 aromatic carbocycles. The van der Waals surface area contributed by atoms with Gasteiger partial charge >= 0.3 is 0 Å². The van der Waals surface area contributed by atoms with Crippen molar-refractivity contribution in [3.63, 3.8) is 0 Å². The van der Waals surface area contributed by atoms with Crippen molar-refractivity contribution in [3.05, 3.63) is 44.8 Å². The number of nitrogens with one attached hydrogen (secondary N) is 1. The molecule has 0 atom stereocenters. The van der Waals surface area contributed by atoms with Crippen molar-refractivity contribution < 1.29 is 4.39 Å². The monoisotopic (exact) mass is 288 g/mol. The summed E-state index contributed by atoms with van der Waals surface area (Å²) in [5.74, 6) is -0.768. The summed E-state index contributed by atoms with van der Waals surface area (Å²) < 4.78 is 13.4. The molecule has 2 aromatic rings. The molecule has 2 nitrogen and oxygen atoms in total. The van der Waals surface area contributed by atoms with E-state index >= 15 is 0 Å². The number of hydrogen-bond donors (Lipinski definition) is 1. The summed E-state index contributed by atoms with van der Waals surface area (Å²) in [6.07, 6.45) is 0. The second-order valence-corrected chi connectivity index (χ2v) is 4.44. The molecule has 1 N–H and O–H groups in total. The van der Waals surface area contributed by atoms with E-state index in [0.717, 1.165) is 0 Å². The Hall–Kier alpha value is -1.21. The summed E-state index contributed by atoms with van der Waals surface area (Å²) in [5, 5.41) is 9.36. The minimum Gasteiger partial charge on any atom is -0.342 e. The van der Waals surface area contributed by atoms with Gasteiger partial charge in [-0.15, -0.1) is 0 Å². The Balaban J connectivity index is 2.65. The number of halogens is 4. The van der Waals surface area contributed by atoms with Crippen molar-refractivity contribution in [2.75, 3.05) is 0 Å². The lowest BCUT2D eigenvalue weighted by Crippen LogP contribution is -1.83. The molecule has 0 aliphatic heterocycles. The molecule has 0 saturated heterocycles. The number of benzene rings is 1. The molecule has 0 unspecified atom stereocenters. The maximum absolute atomic E-state index is 13.4. The quantitative estimate of drug-likeness (QED) is 0.815. The highest BCUT2D eigenvalue weighted by Gasteiger charge is 2.17. The van der Waals surface area contributed by atoms with E-state index < -0.39 is 5.82 Å². The summed E-state index contributed by atoms with van der Waals surface area (Å²) in [6, 6.07) is 6.47. The molecule has 0 fully saturated rings. The van der Waals surface area contributed by atoms with Crippen molar-refractivity contribution in [3.8, 4) is 17.3 Å². The molecule has 2 rings (SSSR count). The Morgan fingerprint density at radius 1 is 1.18 bits per heavy atom. The number of nitrogens with zero attached hydrogens (tertiary/aromatic N) is 1. The molecule has 86 valence electrons. The fourth-order valence-corrected chi connectivity index (χ4v) is 1.91. The maximum Gasteiger partial charge on any atom is 0.178 e. The Morgan fingerprint density at radius 2 is 1.88 bits per heavy atom. The minimum atomic E-state index is -0.768. The number of hydrogen-bond acceptors (Lipinski definition) is 1. The molecule has 0 aliphatic carbocycles. The van der Waals surface area contributed by atoms with Gasteiger partial charge in [-0.1, -0.05) is 40.9 Å². The van der Waals surface area contributed by atoms with Crippen LogP contribution in [-0.4, -0.2) is 4.98 Å². The molecule has 0 radical (unpaired) electrons. The van der Waals surface area contributed by atoms with Crippen LogP contribution in [0.15, 0.2) is 18.2 Å². The summed E-state index contributed by atoms with van der Waals surface area (Å²) in [4.78, 5) is 2.59. The van der Waals surface area contributed by atoms with Crippen molar-refractivity contribution in [1.29, 1.82) is 5.26 Å². The molecule has 17 heavy (non-hydrogen) atoms. The Labute approximate surface area is 112 Å². The van der Waals surface area contributed by atoms with Crippen LogP contribution < -0.4 is 0 Å². The molecular formula is C11H4Cl3FN2. The van der Waals surface area contributed by atoms with Crippen molar-refractivity contribution >= 4 is 34.8 Å². The van der Waals surface area contributed by atoms with Gasteiger partial charge in [-0.25, -0.2) is 4.39 Å². The van der Waals surface area contributed by atoms with Crippen molar-refractivity contribution in [1.82, 2.24) is 4.98 Å². The third-order valence-electron chi connectivity index (χ3n) is 2.22. The lowest BCUT2D eigenvalue weighted by molar-refractivity contribution is 0.627. The minimum absolute atomic E-state index is 0.145. The molecular weight excluding hydrogens is 285 g/mol. The first kappa shape index (κ1) is 12.3. The van der Waals surface area contributed by atoms with Crippen LogP contribution in [0.4, 0.5) is 4.39 Å². The highest BCUT2D eigenvalue weighted by molar-refractivity contribution is 6.42. The average Bonchev–Trinajstić information content (AvgIpc) is 2.59. The van der Waals surface area contributed by atoms with Crippen LogP contribution in [0.2, 0.25) is 15.2 Å². The summed E-state index contributed by atoms with van der Waals surface area (Å²) in [6.45, 7) is 0. The number of nitriles is 1. The first-order valence-electron chi connectivity index (χ1n) is 4.47. The zero-order valence-electron chi connectivity index (χ0n) is 8.19. The largest absolute Gasteiger partial charge is 0.342 e. The highest BCUT2D eigenvalue weighted by Crippen LogP contribution is 2.32. The van der Waals surface area contributed by atoms with E-state index in [4.69, 9.17) is 40.1 Å². The lowest BCUT2D eigenvalue weighted by atomic mass is 10.1. The van der Waals surface area contributed by atoms with E-state index in [1.165, 1.54) is 6.07 Å². The maximum atomic E-state index is 13.4. The third kappa shape index (κ3) is 2.12. The van der Waals surface area contributed by atoms with E-state index in [1.807, 2.05) is 0 Å². The smallest absolute Gasteiger partial charge is 0.178 e. The molecule has 0 bridgehead atoms. The van der Waals surface area contributed by atoms with E-state index in [1.54, 1.807) is 18.2 Å². The Morgan fingerprint density at radius 3 is 2.47 bits per heavy atom. The SMILES string of the molecule is N#Cc1c(-c2ccc(Cl)c(Cl)c2)[nH]c(Cl)c1F. The summed E-state index contributed by atoms with van der Waals surface area (Å²) >= 11 is 17.2. The highest BCUT2D eigenvalue weighted by atomic mass is 35.5. The molecule has 1 heterocycles. The molecule has 0 spiro atoms. The van der Waals surface area contributed by atoms with Crippen LogP contribution in [0, 0.1) is 17.1 Å². The number of aromatic nitrogens is 1. The van der Waals surface area contributed by atoms with Crippen LogP contribution in [0.3, 0.4) is 0 Å². The predicted octanol–water partition coefficient (Wildman–Crippen LogP) is 4.65. The normalized spacial score (nSPS) is 10.3. The van der Waals surface area contributed by atoms with Gasteiger partial charge in [0.25, 0.3) is 0 Å². The van der Waals surface area contributed by atoms with Gasteiger partial charge in [0.15, 0.2) is 5.82 Å². The van der Waals surface area contributed by atoms with Crippen molar-refractivity contribution in [2.24, 2.45) is 0 Å². The molecule has 6 heteroatoms. The molecule has 1 aromatic heterocycles. The first-order chi connectivity index (χ1) is 8.04. The van der Waals surface area contributed by atoms with Gasteiger partial charge < -0.3 is 4.98 Å². The van der Waals surface area contributed by atoms with Crippen LogP contribution in [0.1, 0.15) is 5.56 Å². The van der Waals surface area contributed by atoms with Gasteiger partial charge in [-0.3, -0.25) is 0 Å². The molecule has 0 aliphatic rings. The van der Waals surface area contributed by atoms with Crippen LogP contribution in [-0.2, 0) is 0 Å². The fraction of sp³-hybridized carbons (Fsp3) is 0. The van der Waals surface area contributed by atoms with E-state index in [-0.39, 0.29) is 16.4 Å². The average molecular weight is 290 g/mol. The van der Waals surface area contributed by atoms with Crippen LogP contribution in [0.25, 0.3) is 11.3 Å². The molecule has 0 amide bonds. The third-order valence-corrected chi connectivity index (χ3v) is 3.22. The van der Waals surface area contributed by atoms with Gasteiger partial charge in [-0.05, 0) is 12.1 Å². The topological polar surface area (TPSA) is 39.6 Å². The molecule has 0 saturated carbocycles. The van der Waals surface area contributed by atoms with Gasteiger partial charge in [0.05, 0.1) is 15.7 Å². The zero-order valence-corrected chi connectivity index (χ0v) is 10.5. The standard InChI is InChI=1S/C11H4Cl3FN2/c12-7-2-1-5(3-8(7)13)10-6(4-16)9(15)11(14)17-10/h1-3,17H. The second kappa shape index (κ2) is 4.58. The van der Waals surface area contributed by atoms with Crippen LogP contribution >= 0.6 is 34.8 Å². The number of aromatic amines is 1. The fourth-order valence-electron chi connectivity index (χ4n) is 1.42. The second-order valence-electron chi connectivity index (χ2n) is 3.24. The Bertz CT molecular complexity index is 628. The number of H-pyrrole nitrogens is 1. The summed E-state index contributed by atoms with van der Waals surface area (Å²) in [7, 11) is 0. The van der Waals surface area contributed by atoms with E-state index in [0.29, 0.717) is 15.6 Å².